The zero-order valence-corrected chi connectivity index (χ0v) is 12.2. The summed E-state index contributed by atoms with van der Waals surface area (Å²) in [5, 5.41) is 12.6. The summed E-state index contributed by atoms with van der Waals surface area (Å²) in [4.78, 5) is 16.2. The monoisotopic (exact) mass is 280 g/mol. The van der Waals surface area contributed by atoms with Crippen LogP contribution in [-0.2, 0) is 4.79 Å². The van der Waals surface area contributed by atoms with Gasteiger partial charge < -0.3 is 10.4 Å². The third-order valence-corrected chi connectivity index (χ3v) is 5.04. The average molecular weight is 280 g/mol. The summed E-state index contributed by atoms with van der Waals surface area (Å²) in [6.07, 6.45) is 10.1. The van der Waals surface area contributed by atoms with Gasteiger partial charge in [0.1, 0.15) is 11.3 Å². The minimum absolute atomic E-state index is 0.173. The lowest BCUT2D eigenvalue weighted by Gasteiger charge is -2.26. The maximum absolute atomic E-state index is 11.8. The van der Waals surface area contributed by atoms with E-state index in [-0.39, 0.29) is 11.9 Å². The van der Waals surface area contributed by atoms with Crippen LogP contribution in [0.5, 0.6) is 0 Å². The van der Waals surface area contributed by atoms with Crippen LogP contribution in [0.4, 0.5) is 0 Å². The molecule has 5 heteroatoms. The Labute approximate surface area is 118 Å². The Kier molecular flexibility index (Phi) is 4.22. The van der Waals surface area contributed by atoms with Gasteiger partial charge in [-0.1, -0.05) is 36.9 Å². The number of amides is 1. The summed E-state index contributed by atoms with van der Waals surface area (Å²) < 4.78 is 0. The predicted octanol–water partition coefficient (Wildman–Crippen LogP) is 1.54. The van der Waals surface area contributed by atoms with Crippen LogP contribution in [0.15, 0.2) is 4.99 Å². The molecule has 1 aliphatic carbocycles. The molecule has 2 N–H and O–H groups in total. The molecule has 1 saturated heterocycles. The minimum atomic E-state index is -1.06. The minimum Gasteiger partial charge on any atom is -0.389 e. The predicted molar refractivity (Wildman–Crippen MR) is 77.8 cm³/mol. The van der Waals surface area contributed by atoms with Crippen LogP contribution in [0.2, 0.25) is 0 Å². The Morgan fingerprint density at radius 2 is 2.32 bits per heavy atom. The number of aliphatic hydroxyl groups is 1. The number of carbonyl (C=O) groups excluding carboxylic acids is 1. The number of hydrogen-bond acceptors (Lipinski definition) is 4. The van der Waals surface area contributed by atoms with E-state index < -0.39 is 10.9 Å². The van der Waals surface area contributed by atoms with Gasteiger partial charge in [0.05, 0.1) is 5.60 Å². The van der Waals surface area contributed by atoms with Crippen molar-refractivity contribution in [2.45, 2.75) is 56.4 Å². The summed E-state index contributed by atoms with van der Waals surface area (Å²) in [7, 11) is 0. The van der Waals surface area contributed by atoms with Crippen LogP contribution >= 0.6 is 11.8 Å². The van der Waals surface area contributed by atoms with Gasteiger partial charge in [0, 0.05) is 0 Å². The van der Waals surface area contributed by atoms with Crippen molar-refractivity contribution in [2.75, 3.05) is 0 Å². The molecule has 2 unspecified atom stereocenters. The lowest BCUT2D eigenvalue weighted by Crippen LogP contribution is -2.40. The lowest BCUT2D eigenvalue weighted by atomic mass is 9.81. The van der Waals surface area contributed by atoms with Crippen LogP contribution in [0.25, 0.3) is 0 Å². The summed E-state index contributed by atoms with van der Waals surface area (Å²) >= 11 is 1.27. The maximum Gasteiger partial charge on any atom is 0.242 e. The fraction of sp³-hybridized carbons (Fsp3) is 0.714. The molecule has 0 aromatic rings. The van der Waals surface area contributed by atoms with Gasteiger partial charge in [0.15, 0.2) is 5.17 Å². The molecule has 19 heavy (non-hydrogen) atoms. The van der Waals surface area contributed by atoms with Crippen molar-refractivity contribution in [3.05, 3.63) is 0 Å². The normalized spacial score (nSPS) is 27.8. The smallest absolute Gasteiger partial charge is 0.242 e. The molecule has 2 rings (SSSR count). The fourth-order valence-electron chi connectivity index (χ4n) is 2.24. The van der Waals surface area contributed by atoms with Crippen molar-refractivity contribution >= 4 is 22.8 Å². The number of nitrogens with one attached hydrogen (secondary N) is 1. The molecule has 104 valence electrons. The number of amidine groups is 1. The van der Waals surface area contributed by atoms with Crippen LogP contribution in [0.1, 0.15) is 39.5 Å². The lowest BCUT2D eigenvalue weighted by molar-refractivity contribution is -0.122. The number of terminal acetylenes is 1. The number of carbonyl (C=O) groups is 1. The van der Waals surface area contributed by atoms with E-state index in [2.05, 4.69) is 16.2 Å². The molecule has 2 aliphatic rings. The quantitative estimate of drug-likeness (QED) is 0.768. The second-order valence-electron chi connectivity index (χ2n) is 5.79. The van der Waals surface area contributed by atoms with Crippen molar-refractivity contribution in [1.82, 2.24) is 5.32 Å². The molecule has 0 radical (unpaired) electrons. The highest BCUT2D eigenvalue weighted by Gasteiger charge is 2.41. The molecule has 4 nitrogen and oxygen atoms in total. The Morgan fingerprint density at radius 3 is 2.74 bits per heavy atom. The highest BCUT2D eigenvalue weighted by molar-refractivity contribution is 8.15. The molecular formula is C14H20N2O2S. The Bertz CT molecular complexity index is 430. The maximum atomic E-state index is 11.8. The van der Waals surface area contributed by atoms with Crippen LogP contribution in [0.3, 0.4) is 0 Å². The van der Waals surface area contributed by atoms with Gasteiger partial charge in [0.25, 0.3) is 0 Å². The molecule has 1 amide bonds. The number of hydrogen-bond donors (Lipinski definition) is 2. The zero-order chi connectivity index (χ0) is 14.0. The first-order valence-corrected chi connectivity index (χ1v) is 7.52. The first-order chi connectivity index (χ1) is 8.90. The van der Waals surface area contributed by atoms with Gasteiger partial charge >= 0.3 is 0 Å². The second-order valence-corrected chi connectivity index (χ2v) is 6.88. The molecular weight excluding hydrogens is 260 g/mol. The first kappa shape index (κ1) is 14.4. The summed E-state index contributed by atoms with van der Waals surface area (Å²) in [5.74, 6) is 3.16. The van der Waals surface area contributed by atoms with E-state index in [1.54, 1.807) is 13.8 Å². The summed E-state index contributed by atoms with van der Waals surface area (Å²) in [6, 6.07) is -0.173. The second kappa shape index (κ2) is 5.56. The van der Waals surface area contributed by atoms with E-state index in [4.69, 9.17) is 6.42 Å². The topological polar surface area (TPSA) is 61.7 Å². The van der Waals surface area contributed by atoms with E-state index in [1.165, 1.54) is 31.0 Å². The van der Waals surface area contributed by atoms with Crippen LogP contribution in [0, 0.1) is 18.3 Å². The van der Waals surface area contributed by atoms with Gasteiger partial charge in [-0.05, 0) is 26.2 Å². The summed E-state index contributed by atoms with van der Waals surface area (Å²) in [6.45, 7) is 3.25. The highest BCUT2D eigenvalue weighted by atomic mass is 32.2. The molecule has 0 spiro atoms. The molecule has 1 aliphatic heterocycles. The van der Waals surface area contributed by atoms with E-state index in [1.807, 2.05) is 0 Å². The van der Waals surface area contributed by atoms with E-state index in [0.29, 0.717) is 11.1 Å². The van der Waals surface area contributed by atoms with Gasteiger partial charge in [-0.3, -0.25) is 4.79 Å². The SMILES string of the molecule is C#CC(CC1CCC1)N=C1NC(=O)C(C(C)(C)O)S1. The van der Waals surface area contributed by atoms with Gasteiger partial charge in [-0.25, -0.2) is 4.99 Å². The molecule has 0 bridgehead atoms. The molecule has 0 aromatic heterocycles. The zero-order valence-electron chi connectivity index (χ0n) is 11.3. The Balaban J connectivity index is 1.99. The molecule has 1 heterocycles. The highest BCUT2D eigenvalue weighted by Crippen LogP contribution is 2.32. The van der Waals surface area contributed by atoms with Gasteiger partial charge in [-0.2, -0.15) is 0 Å². The van der Waals surface area contributed by atoms with Crippen molar-refractivity contribution in [2.24, 2.45) is 10.9 Å². The molecule has 1 saturated carbocycles. The van der Waals surface area contributed by atoms with Gasteiger partial charge in [-0.15, -0.1) is 6.42 Å². The van der Waals surface area contributed by atoms with Gasteiger partial charge in [0.2, 0.25) is 5.91 Å². The molecule has 2 atom stereocenters. The van der Waals surface area contributed by atoms with Crippen LogP contribution < -0.4 is 5.32 Å². The van der Waals surface area contributed by atoms with E-state index in [0.717, 1.165) is 6.42 Å². The Morgan fingerprint density at radius 1 is 1.63 bits per heavy atom. The number of rotatable bonds is 4. The largest absolute Gasteiger partial charge is 0.389 e. The van der Waals surface area contributed by atoms with Crippen molar-refractivity contribution < 1.29 is 9.90 Å². The fourth-order valence-corrected chi connectivity index (χ4v) is 3.26. The number of nitrogens with zero attached hydrogens (tertiary/aromatic N) is 1. The van der Waals surface area contributed by atoms with Crippen molar-refractivity contribution in [3.63, 3.8) is 0 Å². The van der Waals surface area contributed by atoms with Crippen molar-refractivity contribution in [1.29, 1.82) is 0 Å². The first-order valence-electron chi connectivity index (χ1n) is 6.64. The van der Waals surface area contributed by atoms with Crippen LogP contribution in [-0.4, -0.2) is 33.1 Å². The summed E-state index contributed by atoms with van der Waals surface area (Å²) in [5.41, 5.74) is -1.06. The molecule has 0 aromatic carbocycles. The Hall–Kier alpha value is -0.990. The van der Waals surface area contributed by atoms with E-state index >= 15 is 0 Å². The molecule has 2 fully saturated rings. The third kappa shape index (κ3) is 3.52. The standard InChI is InChI=1S/C14H20N2O2S/c1-4-10(8-9-6-5-7-9)15-13-16-12(17)11(19-13)14(2,3)18/h1,9-11,18H,5-8H2,2-3H3,(H,15,16,17). The van der Waals surface area contributed by atoms with Crippen molar-refractivity contribution in [3.8, 4) is 12.3 Å². The number of aliphatic imine (C=N–C) groups is 1. The number of thioether (sulfide) groups is 1. The average Bonchev–Trinajstić information content (AvgIpc) is 2.62. The third-order valence-electron chi connectivity index (χ3n) is 3.59. The van der Waals surface area contributed by atoms with E-state index in [9.17, 15) is 9.90 Å².